The van der Waals surface area contributed by atoms with Gasteiger partial charge in [-0.25, -0.2) is 23.1 Å². The van der Waals surface area contributed by atoms with E-state index in [9.17, 15) is 8.42 Å². The summed E-state index contributed by atoms with van der Waals surface area (Å²) in [6.45, 7) is 1.91. The second-order valence-corrected chi connectivity index (χ2v) is 11.0. The molecule has 10 heteroatoms. The highest BCUT2D eigenvalue weighted by molar-refractivity contribution is 7.88. The van der Waals surface area contributed by atoms with E-state index in [1.165, 1.54) is 12.6 Å². The molecule has 5 rings (SSSR count). The van der Waals surface area contributed by atoms with E-state index in [4.69, 9.17) is 16.3 Å². The van der Waals surface area contributed by atoms with Crippen molar-refractivity contribution in [3.63, 3.8) is 0 Å². The van der Waals surface area contributed by atoms with Crippen molar-refractivity contribution < 1.29 is 13.2 Å². The molecule has 1 aliphatic rings. The number of hydrogen-bond donors (Lipinski definition) is 2. The molecular formula is C26H24ClN5O3S. The number of hydrogen-bond acceptors (Lipinski definition) is 7. The number of aryl methyl sites for hydroxylation is 1. The molecule has 2 aromatic carbocycles. The maximum Gasteiger partial charge on any atom is 0.209 e. The Morgan fingerprint density at radius 1 is 1.06 bits per heavy atom. The molecule has 0 aliphatic heterocycles. The second-order valence-electron chi connectivity index (χ2n) is 8.87. The molecule has 1 saturated carbocycles. The summed E-state index contributed by atoms with van der Waals surface area (Å²) in [6, 6.07) is 14.9. The first-order valence-electron chi connectivity index (χ1n) is 11.3. The number of rotatable bonds is 8. The van der Waals surface area contributed by atoms with Crippen LogP contribution in [0.15, 0.2) is 67.1 Å². The molecule has 2 aromatic heterocycles. The summed E-state index contributed by atoms with van der Waals surface area (Å²) in [5.74, 6) is 1.74. The molecule has 2 heterocycles. The van der Waals surface area contributed by atoms with Crippen LogP contribution in [0.5, 0.6) is 11.5 Å². The lowest BCUT2D eigenvalue weighted by Gasteiger charge is -2.12. The number of ether oxygens (including phenoxy) is 1. The number of benzene rings is 2. The molecule has 4 aromatic rings. The molecule has 0 atom stereocenters. The van der Waals surface area contributed by atoms with Crippen LogP contribution in [0.25, 0.3) is 17.0 Å². The SMILES string of the molecule is Cc1ccc(Oc2ccc(Nc3ncnc4ccc(/C=C/C5(NS(C)(=O)=O)CC5)cc34)cc2Cl)cn1. The highest BCUT2D eigenvalue weighted by atomic mass is 35.5. The largest absolute Gasteiger partial charge is 0.454 e. The minimum absolute atomic E-state index is 0.440. The average Bonchev–Trinajstić information content (AvgIpc) is 3.59. The van der Waals surface area contributed by atoms with Gasteiger partial charge in [0.05, 0.1) is 28.5 Å². The van der Waals surface area contributed by atoms with E-state index in [0.717, 1.165) is 40.7 Å². The van der Waals surface area contributed by atoms with E-state index in [1.54, 1.807) is 18.3 Å². The quantitative estimate of drug-likeness (QED) is 0.310. The zero-order valence-corrected chi connectivity index (χ0v) is 21.3. The third kappa shape index (κ3) is 5.81. The number of aromatic nitrogens is 3. The van der Waals surface area contributed by atoms with Gasteiger partial charge in [-0.05, 0) is 67.8 Å². The number of halogens is 1. The Labute approximate surface area is 214 Å². The van der Waals surface area contributed by atoms with E-state index in [2.05, 4.69) is 25.0 Å². The fourth-order valence-corrected chi connectivity index (χ4v) is 5.01. The fourth-order valence-electron chi connectivity index (χ4n) is 3.78. The number of anilines is 2. The van der Waals surface area contributed by atoms with Crippen molar-refractivity contribution >= 4 is 50.1 Å². The van der Waals surface area contributed by atoms with Crippen molar-refractivity contribution in [2.45, 2.75) is 25.3 Å². The van der Waals surface area contributed by atoms with Gasteiger partial charge < -0.3 is 10.1 Å². The molecule has 0 amide bonds. The highest BCUT2D eigenvalue weighted by Crippen LogP contribution is 2.38. The number of pyridine rings is 1. The standard InChI is InChI=1S/C26H24ClN5O3S/c1-17-3-6-20(15-28-17)35-24-8-5-19(14-22(24)27)31-25-21-13-18(4-7-23(21)29-16-30-25)9-10-26(11-12-26)32-36(2,33)34/h3-10,13-16,32H,11-12H2,1-2H3,(H,29,30,31)/b10-9+. The first-order valence-corrected chi connectivity index (χ1v) is 13.6. The minimum Gasteiger partial charge on any atom is -0.454 e. The summed E-state index contributed by atoms with van der Waals surface area (Å²) in [5.41, 5.74) is 2.84. The lowest BCUT2D eigenvalue weighted by molar-refractivity contribution is 0.480. The molecule has 8 nitrogen and oxygen atoms in total. The second kappa shape index (κ2) is 9.50. The van der Waals surface area contributed by atoms with E-state index in [1.807, 2.05) is 55.5 Å². The van der Waals surface area contributed by atoms with Gasteiger partial charge in [-0.3, -0.25) is 4.98 Å². The average molecular weight is 522 g/mol. The van der Waals surface area contributed by atoms with Crippen molar-refractivity contribution in [1.29, 1.82) is 0 Å². The molecule has 0 spiro atoms. The molecule has 184 valence electrons. The van der Waals surface area contributed by atoms with Gasteiger partial charge in [0.25, 0.3) is 0 Å². The predicted molar refractivity (Wildman–Crippen MR) is 142 cm³/mol. The third-order valence-electron chi connectivity index (χ3n) is 5.74. The van der Waals surface area contributed by atoms with E-state index in [-0.39, 0.29) is 0 Å². The Bertz CT molecular complexity index is 1570. The van der Waals surface area contributed by atoms with Gasteiger partial charge in [0, 0.05) is 16.8 Å². The molecule has 0 bridgehead atoms. The van der Waals surface area contributed by atoms with Crippen LogP contribution < -0.4 is 14.8 Å². The van der Waals surface area contributed by atoms with Crippen LogP contribution in [-0.2, 0) is 10.0 Å². The number of sulfonamides is 1. The maximum absolute atomic E-state index is 11.7. The van der Waals surface area contributed by atoms with Crippen molar-refractivity contribution in [2.75, 3.05) is 11.6 Å². The number of nitrogens with one attached hydrogen (secondary N) is 2. The normalized spacial score (nSPS) is 14.8. The van der Waals surface area contributed by atoms with Gasteiger partial charge in [-0.15, -0.1) is 0 Å². The number of fused-ring (bicyclic) bond motifs is 1. The highest BCUT2D eigenvalue weighted by Gasteiger charge is 2.42. The maximum atomic E-state index is 11.7. The predicted octanol–water partition coefficient (Wildman–Crippen LogP) is 5.62. The van der Waals surface area contributed by atoms with Gasteiger partial charge in [0.2, 0.25) is 10.0 Å². The van der Waals surface area contributed by atoms with Crippen LogP contribution in [0.2, 0.25) is 5.02 Å². The molecule has 0 unspecified atom stereocenters. The zero-order valence-electron chi connectivity index (χ0n) is 19.7. The van der Waals surface area contributed by atoms with E-state index in [0.29, 0.717) is 22.3 Å². The smallest absolute Gasteiger partial charge is 0.209 e. The summed E-state index contributed by atoms with van der Waals surface area (Å²) in [5, 5.41) is 4.57. The van der Waals surface area contributed by atoms with Crippen LogP contribution in [0, 0.1) is 6.92 Å². The van der Waals surface area contributed by atoms with Crippen LogP contribution in [0.4, 0.5) is 11.5 Å². The fraction of sp³-hybridized carbons (Fsp3) is 0.192. The summed E-state index contributed by atoms with van der Waals surface area (Å²) in [6.07, 6.45) is 9.72. The number of nitrogens with zero attached hydrogens (tertiary/aromatic N) is 3. The molecular weight excluding hydrogens is 498 g/mol. The topological polar surface area (TPSA) is 106 Å². The Balaban J connectivity index is 1.37. The molecule has 0 saturated heterocycles. The summed E-state index contributed by atoms with van der Waals surface area (Å²) < 4.78 is 31.9. The Hall–Kier alpha value is -3.53. The Kier molecular flexibility index (Phi) is 6.38. The summed E-state index contributed by atoms with van der Waals surface area (Å²) in [7, 11) is -3.28. The summed E-state index contributed by atoms with van der Waals surface area (Å²) in [4.78, 5) is 13.0. The zero-order chi connectivity index (χ0) is 25.3. The van der Waals surface area contributed by atoms with Gasteiger partial charge in [-0.2, -0.15) is 0 Å². The van der Waals surface area contributed by atoms with Crippen molar-refractivity contribution in [2.24, 2.45) is 0 Å². The first-order chi connectivity index (χ1) is 17.2. The van der Waals surface area contributed by atoms with Gasteiger partial charge in [0.15, 0.2) is 0 Å². The van der Waals surface area contributed by atoms with Gasteiger partial charge in [0.1, 0.15) is 23.6 Å². The minimum atomic E-state index is -3.28. The van der Waals surface area contributed by atoms with E-state index >= 15 is 0 Å². The Morgan fingerprint density at radius 2 is 1.89 bits per heavy atom. The monoisotopic (exact) mass is 521 g/mol. The van der Waals surface area contributed by atoms with E-state index < -0.39 is 15.6 Å². The molecule has 2 N–H and O–H groups in total. The van der Waals surface area contributed by atoms with Crippen molar-refractivity contribution in [3.05, 3.63) is 83.4 Å². The van der Waals surface area contributed by atoms with Gasteiger partial charge in [-0.1, -0.05) is 29.8 Å². The summed E-state index contributed by atoms with van der Waals surface area (Å²) >= 11 is 6.48. The van der Waals surface area contributed by atoms with Crippen LogP contribution in [0.3, 0.4) is 0 Å². The molecule has 1 aliphatic carbocycles. The van der Waals surface area contributed by atoms with Crippen molar-refractivity contribution in [3.8, 4) is 11.5 Å². The molecule has 36 heavy (non-hydrogen) atoms. The van der Waals surface area contributed by atoms with Crippen LogP contribution in [0.1, 0.15) is 24.1 Å². The lowest BCUT2D eigenvalue weighted by atomic mass is 10.1. The van der Waals surface area contributed by atoms with Gasteiger partial charge >= 0.3 is 0 Å². The van der Waals surface area contributed by atoms with Crippen molar-refractivity contribution in [1.82, 2.24) is 19.7 Å². The van der Waals surface area contributed by atoms with Crippen LogP contribution >= 0.6 is 11.6 Å². The van der Waals surface area contributed by atoms with Crippen LogP contribution in [-0.4, -0.2) is 35.2 Å². The molecule has 1 fully saturated rings. The molecule has 0 radical (unpaired) electrons. The Morgan fingerprint density at radius 3 is 2.58 bits per heavy atom. The first kappa shape index (κ1) is 24.2. The lowest BCUT2D eigenvalue weighted by Crippen LogP contribution is -2.34. The third-order valence-corrected chi connectivity index (χ3v) is 6.81.